The molecule has 4 aromatic rings. The zero-order valence-corrected chi connectivity index (χ0v) is 25.8. The highest BCUT2D eigenvalue weighted by Gasteiger charge is 2.30. The van der Waals surface area contributed by atoms with Gasteiger partial charge in [-0.1, -0.05) is 35.5 Å². The highest BCUT2D eigenvalue weighted by atomic mass is 35.5. The van der Waals surface area contributed by atoms with Crippen molar-refractivity contribution in [3.05, 3.63) is 69.0 Å². The lowest BCUT2D eigenvalue weighted by Gasteiger charge is -2.33. The van der Waals surface area contributed by atoms with E-state index in [4.69, 9.17) is 14.0 Å². The van der Waals surface area contributed by atoms with Gasteiger partial charge in [0, 0.05) is 44.1 Å². The standard InChI is InChI=1S/C29H35N5O6S.ClH/c1-29(2,3)39-28(37)32-14-12-20(13-15-32)34-26(35)25-21(17-22(41-25)19-9-6-5-7-10-19)33(27(34)36)18-24-30-23(31-40-24)11-8-16-38-4;/h5-7,9-10,17,20H,8,11-16,18H2,1-4H3;1H. The number of ether oxygens (including phenoxy) is 2. The zero-order valence-electron chi connectivity index (χ0n) is 24.2. The van der Waals surface area contributed by atoms with Gasteiger partial charge in [-0.15, -0.1) is 23.7 Å². The monoisotopic (exact) mass is 617 g/mol. The van der Waals surface area contributed by atoms with Gasteiger partial charge in [0.05, 0.1) is 5.52 Å². The summed E-state index contributed by atoms with van der Waals surface area (Å²) in [6.45, 7) is 6.87. The van der Waals surface area contributed by atoms with Gasteiger partial charge in [0.2, 0.25) is 5.89 Å². The van der Waals surface area contributed by atoms with E-state index in [2.05, 4.69) is 10.1 Å². The van der Waals surface area contributed by atoms with Crippen molar-refractivity contribution in [2.45, 2.75) is 64.6 Å². The van der Waals surface area contributed by atoms with Gasteiger partial charge < -0.3 is 18.9 Å². The summed E-state index contributed by atoms with van der Waals surface area (Å²) in [5, 5.41) is 4.05. The number of hydrogen-bond acceptors (Lipinski definition) is 9. The van der Waals surface area contributed by atoms with Crippen LogP contribution < -0.4 is 11.2 Å². The summed E-state index contributed by atoms with van der Waals surface area (Å²) >= 11 is 1.36. The number of amides is 1. The van der Waals surface area contributed by atoms with E-state index >= 15 is 0 Å². The molecular weight excluding hydrogens is 582 g/mol. The summed E-state index contributed by atoms with van der Waals surface area (Å²) < 4.78 is 19.5. The molecule has 13 heteroatoms. The van der Waals surface area contributed by atoms with E-state index in [9.17, 15) is 14.4 Å². The van der Waals surface area contributed by atoms with E-state index in [1.54, 1.807) is 16.6 Å². The summed E-state index contributed by atoms with van der Waals surface area (Å²) in [5.41, 5.74) is 0.134. The first-order valence-corrected chi connectivity index (χ1v) is 14.6. The molecule has 1 saturated heterocycles. The van der Waals surface area contributed by atoms with E-state index in [0.29, 0.717) is 60.9 Å². The first-order valence-electron chi connectivity index (χ1n) is 13.8. The molecule has 0 unspecified atom stereocenters. The number of rotatable bonds is 8. The molecule has 11 nitrogen and oxygen atoms in total. The molecule has 1 aliphatic heterocycles. The number of aromatic nitrogens is 4. The van der Waals surface area contributed by atoms with Crippen LogP contribution in [0.1, 0.15) is 57.8 Å². The number of hydrogen-bond donors (Lipinski definition) is 0. The van der Waals surface area contributed by atoms with Crippen LogP contribution in [0.4, 0.5) is 4.79 Å². The Balaban J connectivity index is 0.00000405. The fourth-order valence-electron chi connectivity index (χ4n) is 4.98. The van der Waals surface area contributed by atoms with Gasteiger partial charge in [0.1, 0.15) is 16.8 Å². The molecule has 5 rings (SSSR count). The van der Waals surface area contributed by atoms with Gasteiger partial charge in [-0.3, -0.25) is 13.9 Å². The summed E-state index contributed by atoms with van der Waals surface area (Å²) in [5.74, 6) is 0.831. The van der Waals surface area contributed by atoms with Crippen LogP contribution in [0.25, 0.3) is 20.7 Å². The maximum Gasteiger partial charge on any atom is 0.410 e. The Morgan fingerprint density at radius 1 is 1.14 bits per heavy atom. The van der Waals surface area contributed by atoms with Gasteiger partial charge in [0.25, 0.3) is 5.56 Å². The number of fused-ring (bicyclic) bond motifs is 1. The fourth-order valence-corrected chi connectivity index (χ4v) is 6.09. The van der Waals surface area contributed by atoms with Crippen LogP contribution in [0, 0.1) is 0 Å². The Kier molecular flexibility index (Phi) is 9.90. The molecule has 42 heavy (non-hydrogen) atoms. The van der Waals surface area contributed by atoms with E-state index in [1.807, 2.05) is 57.2 Å². The van der Waals surface area contributed by atoms with E-state index in [-0.39, 0.29) is 36.6 Å². The molecule has 0 bridgehead atoms. The van der Waals surface area contributed by atoms with Gasteiger partial charge >= 0.3 is 11.8 Å². The molecule has 1 aliphatic rings. The van der Waals surface area contributed by atoms with Crippen LogP contribution in [0.2, 0.25) is 0 Å². The lowest BCUT2D eigenvalue weighted by Crippen LogP contribution is -2.47. The minimum absolute atomic E-state index is 0. The number of nitrogens with zero attached hydrogens (tertiary/aromatic N) is 5. The normalized spacial score (nSPS) is 14.2. The van der Waals surface area contributed by atoms with Gasteiger partial charge in [-0.25, -0.2) is 9.59 Å². The Morgan fingerprint density at radius 3 is 2.52 bits per heavy atom. The number of methoxy groups -OCH3 is 1. The Labute approximate surface area is 253 Å². The predicted octanol–water partition coefficient (Wildman–Crippen LogP) is 4.90. The van der Waals surface area contributed by atoms with Crippen molar-refractivity contribution in [1.82, 2.24) is 24.2 Å². The van der Waals surface area contributed by atoms with Gasteiger partial charge in [0.15, 0.2) is 5.82 Å². The van der Waals surface area contributed by atoms with Crippen LogP contribution in [0.3, 0.4) is 0 Å². The molecule has 0 spiro atoms. The second kappa shape index (κ2) is 13.2. The van der Waals surface area contributed by atoms with Crippen LogP contribution in [-0.4, -0.2) is 62.7 Å². The van der Waals surface area contributed by atoms with Crippen LogP contribution in [-0.2, 0) is 22.4 Å². The topological polar surface area (TPSA) is 122 Å². The molecule has 1 fully saturated rings. The van der Waals surface area contributed by atoms with Crippen LogP contribution in [0.15, 0.2) is 50.5 Å². The third kappa shape index (κ3) is 6.93. The number of piperidine rings is 1. The number of halogens is 1. The Hall–Kier alpha value is -3.48. The molecule has 0 atom stereocenters. The van der Waals surface area contributed by atoms with E-state index < -0.39 is 11.3 Å². The van der Waals surface area contributed by atoms with Crippen LogP contribution >= 0.6 is 23.7 Å². The van der Waals surface area contributed by atoms with Crippen molar-refractivity contribution in [3.63, 3.8) is 0 Å². The molecular formula is C29H36ClN5O6S. The molecule has 3 aromatic heterocycles. The number of carbonyl (C=O) groups is 1. The smallest absolute Gasteiger partial charge is 0.410 e. The minimum Gasteiger partial charge on any atom is -0.444 e. The van der Waals surface area contributed by atoms with Crippen molar-refractivity contribution in [1.29, 1.82) is 0 Å². The van der Waals surface area contributed by atoms with Gasteiger partial charge in [-0.05, 0) is 51.7 Å². The maximum atomic E-state index is 14.0. The summed E-state index contributed by atoms with van der Waals surface area (Å²) in [6, 6.07) is 11.3. The first kappa shape index (κ1) is 31.5. The molecule has 226 valence electrons. The number of aryl methyl sites for hydroxylation is 1. The number of carbonyl (C=O) groups excluding carboxylic acids is 1. The maximum absolute atomic E-state index is 14.0. The quantitative estimate of drug-likeness (QED) is 0.256. The zero-order chi connectivity index (χ0) is 29.1. The third-order valence-electron chi connectivity index (χ3n) is 6.95. The van der Waals surface area contributed by atoms with Crippen molar-refractivity contribution < 1.29 is 18.8 Å². The van der Waals surface area contributed by atoms with Crippen molar-refractivity contribution in [3.8, 4) is 10.4 Å². The van der Waals surface area contributed by atoms with Crippen molar-refractivity contribution in [2.24, 2.45) is 0 Å². The van der Waals surface area contributed by atoms with Crippen molar-refractivity contribution in [2.75, 3.05) is 26.8 Å². The average molecular weight is 618 g/mol. The lowest BCUT2D eigenvalue weighted by molar-refractivity contribution is 0.0186. The van der Waals surface area contributed by atoms with Gasteiger partial charge in [-0.2, -0.15) is 4.98 Å². The van der Waals surface area contributed by atoms with Crippen LogP contribution in [0.5, 0.6) is 0 Å². The number of benzene rings is 1. The molecule has 0 radical (unpaired) electrons. The molecule has 1 amide bonds. The molecule has 0 aliphatic carbocycles. The number of thiophene rings is 1. The number of likely N-dealkylation sites (tertiary alicyclic amines) is 1. The highest BCUT2D eigenvalue weighted by molar-refractivity contribution is 7.22. The molecule has 0 saturated carbocycles. The Morgan fingerprint density at radius 2 is 1.86 bits per heavy atom. The first-order chi connectivity index (χ1) is 19.6. The summed E-state index contributed by atoms with van der Waals surface area (Å²) in [7, 11) is 1.64. The molecule has 4 heterocycles. The SMILES string of the molecule is COCCCc1noc(Cn2c(=O)n(C3CCN(C(=O)OC(C)(C)C)CC3)c(=O)c3sc(-c4ccccc4)cc32)n1.Cl. The predicted molar refractivity (Wildman–Crippen MR) is 163 cm³/mol. The average Bonchev–Trinajstić information content (AvgIpc) is 3.59. The second-order valence-electron chi connectivity index (χ2n) is 11.1. The van der Waals surface area contributed by atoms with Crippen molar-refractivity contribution >= 4 is 40.1 Å². The van der Waals surface area contributed by atoms with E-state index in [1.165, 1.54) is 15.9 Å². The summed E-state index contributed by atoms with van der Waals surface area (Å²) in [4.78, 5) is 47.4. The lowest BCUT2D eigenvalue weighted by atomic mass is 10.1. The third-order valence-corrected chi connectivity index (χ3v) is 8.11. The fraction of sp³-hybridized carbons (Fsp3) is 0.483. The largest absolute Gasteiger partial charge is 0.444 e. The highest BCUT2D eigenvalue weighted by Crippen LogP contribution is 2.32. The second-order valence-corrected chi connectivity index (χ2v) is 12.2. The van der Waals surface area contributed by atoms with E-state index in [0.717, 1.165) is 16.9 Å². The minimum atomic E-state index is -0.600. The molecule has 0 N–H and O–H groups in total. The molecule has 1 aromatic carbocycles. The summed E-state index contributed by atoms with van der Waals surface area (Å²) in [6.07, 6.45) is 1.87. The Bertz CT molecular complexity index is 1630.